The van der Waals surface area contributed by atoms with E-state index in [9.17, 15) is 43.3 Å². The van der Waals surface area contributed by atoms with Crippen LogP contribution in [0.4, 0.5) is 0 Å². The van der Waals surface area contributed by atoms with Crippen LogP contribution in [0.3, 0.4) is 0 Å². The van der Waals surface area contributed by atoms with Crippen molar-refractivity contribution in [3.8, 4) is 0 Å². The summed E-state index contributed by atoms with van der Waals surface area (Å²) < 4.78 is 76.1. The zero-order valence-corrected chi connectivity index (χ0v) is 31.4. The molecule has 4 rings (SSSR count). The first kappa shape index (κ1) is 43.2. The van der Waals surface area contributed by atoms with Crippen LogP contribution in [-0.4, -0.2) is 149 Å². The van der Waals surface area contributed by atoms with Gasteiger partial charge in [0.2, 0.25) is 12.4 Å². The van der Waals surface area contributed by atoms with Crippen molar-refractivity contribution in [1.82, 2.24) is 25.3 Å². The molecule has 2 saturated heterocycles. The van der Waals surface area contributed by atoms with Crippen LogP contribution in [0.15, 0.2) is 38.8 Å². The minimum atomic E-state index is -5.24. The van der Waals surface area contributed by atoms with Crippen LogP contribution < -0.4 is 22.1 Å². The van der Waals surface area contributed by atoms with Crippen molar-refractivity contribution in [3.63, 3.8) is 0 Å². The lowest BCUT2D eigenvalue weighted by molar-refractivity contribution is -0.136. The molecule has 0 saturated carbocycles. The topological polar surface area (TPSA) is 363 Å². The summed E-state index contributed by atoms with van der Waals surface area (Å²) in [5.74, 6) is -0.960. The number of nitrogens with two attached hydrogens (primary N) is 2. The maximum atomic E-state index is 12.5. The SMILES string of the molecule is C=C1N=CN(C2OC(COP(=O)(O)O[P+](=O)OOP(=O)(O)OCC3OC(N4CN(C)C(C)=C4N=C(N)NC=O)C(O)C3OC)C[C@@H]2O)CN=C(N)NC1=O. The molecule has 9 unspecified atom stereocenters. The van der Waals surface area contributed by atoms with Gasteiger partial charge in [0.25, 0.3) is 5.91 Å². The molecule has 4 aliphatic heterocycles. The smallest absolute Gasteiger partial charge is 0.388 e. The second kappa shape index (κ2) is 18.4. The number of rotatable bonds is 16. The molecule has 0 aromatic carbocycles. The third kappa shape index (κ3) is 11.3. The minimum absolute atomic E-state index is 0.135. The molecular weight excluding hydrogens is 793 g/mol. The summed E-state index contributed by atoms with van der Waals surface area (Å²) in [6.45, 7) is 3.66. The van der Waals surface area contributed by atoms with E-state index in [0.29, 0.717) is 12.1 Å². The van der Waals surface area contributed by atoms with Crippen LogP contribution in [0.5, 0.6) is 0 Å². The van der Waals surface area contributed by atoms with E-state index in [4.69, 9.17) is 34.7 Å². The lowest BCUT2D eigenvalue weighted by atomic mass is 10.1. The highest BCUT2D eigenvalue weighted by atomic mass is 31.2. The van der Waals surface area contributed by atoms with E-state index < -0.39 is 86.0 Å². The molecule has 302 valence electrons. The van der Waals surface area contributed by atoms with E-state index in [1.54, 1.807) is 18.9 Å². The van der Waals surface area contributed by atoms with Crippen LogP contribution in [0.2, 0.25) is 0 Å². The molecule has 10 atom stereocenters. The van der Waals surface area contributed by atoms with Crippen molar-refractivity contribution >= 4 is 54.5 Å². The first-order chi connectivity index (χ1) is 25.3. The molecule has 2 fully saturated rings. The van der Waals surface area contributed by atoms with Crippen molar-refractivity contribution < 1.29 is 80.2 Å². The molecule has 27 nitrogen and oxygen atoms in total. The average molecular weight is 834 g/mol. The summed E-state index contributed by atoms with van der Waals surface area (Å²) in [6, 6.07) is 0. The number of phosphoric acid groups is 2. The number of methoxy groups -OCH3 is 1. The largest absolute Gasteiger partial charge is 0.740 e. The fraction of sp³-hybridized carbons (Fsp3) is 0.625. The zero-order valence-electron chi connectivity index (χ0n) is 28.7. The number of nitrogens with one attached hydrogen (secondary N) is 2. The average Bonchev–Trinajstić information content (AvgIpc) is 3.73. The molecule has 0 aliphatic carbocycles. The van der Waals surface area contributed by atoms with Crippen molar-refractivity contribution in [3.05, 3.63) is 23.8 Å². The number of ether oxygens (including phenoxy) is 3. The quantitative estimate of drug-likeness (QED) is 0.0147. The van der Waals surface area contributed by atoms with Crippen LogP contribution in [0, 0.1) is 0 Å². The Balaban J connectivity index is 1.25. The van der Waals surface area contributed by atoms with Crippen molar-refractivity contribution in [2.75, 3.05) is 40.7 Å². The Morgan fingerprint density at radius 3 is 2.63 bits per heavy atom. The summed E-state index contributed by atoms with van der Waals surface area (Å²) in [6.07, 6.45) is -6.90. The van der Waals surface area contributed by atoms with Gasteiger partial charge in [0.1, 0.15) is 36.8 Å². The highest BCUT2D eigenvalue weighted by Crippen LogP contribution is 2.55. The number of guanidine groups is 2. The Bertz CT molecular complexity index is 1670. The van der Waals surface area contributed by atoms with Gasteiger partial charge in [0.15, 0.2) is 24.2 Å². The monoisotopic (exact) mass is 833 g/mol. The van der Waals surface area contributed by atoms with Gasteiger partial charge in [0, 0.05) is 25.1 Å². The summed E-state index contributed by atoms with van der Waals surface area (Å²) in [5.41, 5.74) is 11.7. The molecule has 10 N–H and O–H groups in total. The number of hydrogen-bond acceptors (Lipinski definition) is 22. The predicted molar refractivity (Wildman–Crippen MR) is 179 cm³/mol. The van der Waals surface area contributed by atoms with Crippen molar-refractivity contribution in [1.29, 1.82) is 0 Å². The molecule has 54 heavy (non-hydrogen) atoms. The van der Waals surface area contributed by atoms with E-state index in [1.807, 2.05) is 0 Å². The predicted octanol–water partition coefficient (Wildman–Crippen LogP) is -2.88. The van der Waals surface area contributed by atoms with Crippen LogP contribution >= 0.6 is 23.9 Å². The van der Waals surface area contributed by atoms with Gasteiger partial charge in [-0.05, 0) is 11.2 Å². The van der Waals surface area contributed by atoms with Crippen LogP contribution in [-0.2, 0) is 60.2 Å². The Morgan fingerprint density at radius 2 is 1.94 bits per heavy atom. The van der Waals surface area contributed by atoms with E-state index in [1.165, 1.54) is 16.9 Å². The molecule has 30 heteroatoms. The molecule has 2 amide bonds. The van der Waals surface area contributed by atoms with Gasteiger partial charge in [-0.2, -0.15) is 4.99 Å². The Kier molecular flexibility index (Phi) is 14.8. The number of aliphatic hydroxyl groups excluding tert-OH is 2. The fourth-order valence-electron chi connectivity index (χ4n) is 5.20. The molecule has 4 aliphatic rings. The standard InChI is InChI=1S/C24H39N10O17P3/c1-12-20(38)31-23(25)28-9-33(8-27-12)21-15(36)5-14(47-21)6-45-54(42,43)51-52(39)49-50-53(40,41)46-7-16-18(44-4)17(37)22(48-16)34-11-32(3)13(2)19(34)30-24(26)29-10-35/h8,10,14-18,21-22,36-37H,1,5-7,9,11H2,2-4H3,(H7-,25,26,28,29,30,31,35,38,40,41,42,43)/p+1/t14?,15-,16?,17?,18?,21?,22?/m0/s1. The summed E-state index contributed by atoms with van der Waals surface area (Å²) >= 11 is 0. The molecule has 0 spiro atoms. The minimum Gasteiger partial charge on any atom is -0.388 e. The van der Waals surface area contributed by atoms with Gasteiger partial charge >= 0.3 is 23.9 Å². The van der Waals surface area contributed by atoms with Gasteiger partial charge < -0.3 is 55.5 Å². The highest BCUT2D eigenvalue weighted by Gasteiger charge is 2.50. The number of hydrogen-bond donors (Lipinski definition) is 8. The van der Waals surface area contributed by atoms with Gasteiger partial charge in [-0.25, -0.2) is 19.1 Å². The number of nitrogens with zero attached hydrogens (tertiary/aromatic N) is 6. The zero-order chi connectivity index (χ0) is 40.0. The first-order valence-electron chi connectivity index (χ1n) is 15.4. The Labute approximate surface area is 307 Å². The number of carbonyl (C=O) groups is 2. The molecule has 0 aromatic heterocycles. The van der Waals surface area contributed by atoms with Gasteiger partial charge in [0.05, 0.1) is 42.7 Å². The number of aliphatic imine (C=N–C) groups is 3. The molecular formula is C24H40N10O17P3+. The van der Waals surface area contributed by atoms with Crippen LogP contribution in [0.25, 0.3) is 0 Å². The third-order valence-corrected chi connectivity index (χ3v) is 10.7. The van der Waals surface area contributed by atoms with E-state index in [-0.39, 0.29) is 43.2 Å². The maximum Gasteiger partial charge on any atom is 0.740 e. The number of allylic oxidation sites excluding steroid dienone is 1. The second-order valence-electron chi connectivity index (χ2n) is 11.5. The van der Waals surface area contributed by atoms with E-state index in [2.05, 4.69) is 45.8 Å². The molecule has 4 heterocycles. The number of phosphoric ester groups is 2. The maximum absolute atomic E-state index is 12.5. The van der Waals surface area contributed by atoms with Crippen LogP contribution in [0.1, 0.15) is 13.3 Å². The fourth-order valence-corrected chi connectivity index (χ4v) is 7.46. The molecule has 0 aromatic rings. The Morgan fingerprint density at radius 1 is 1.24 bits per heavy atom. The van der Waals surface area contributed by atoms with E-state index in [0.717, 1.165) is 6.34 Å². The van der Waals surface area contributed by atoms with Gasteiger partial charge in [-0.3, -0.25) is 34.2 Å². The van der Waals surface area contributed by atoms with Crippen molar-refractivity contribution in [2.45, 2.75) is 56.3 Å². The number of aliphatic hydroxyl groups is 2. The normalized spacial score (nSPS) is 30.7. The lowest BCUT2D eigenvalue weighted by Gasteiger charge is -2.29. The number of carbonyl (C=O) groups excluding carboxylic acids is 2. The van der Waals surface area contributed by atoms with Crippen molar-refractivity contribution in [2.24, 2.45) is 26.4 Å². The summed E-state index contributed by atoms with van der Waals surface area (Å²) in [7, 11) is -11.2. The van der Waals surface area contributed by atoms with Gasteiger partial charge in [-0.15, -0.1) is 0 Å². The second-order valence-corrected chi connectivity index (χ2v) is 15.3. The van der Waals surface area contributed by atoms with E-state index >= 15 is 0 Å². The lowest BCUT2D eigenvalue weighted by Crippen LogP contribution is -2.44. The molecule has 0 radical (unpaired) electrons. The number of amides is 2. The molecule has 0 bridgehead atoms. The summed E-state index contributed by atoms with van der Waals surface area (Å²) in [4.78, 5) is 59.2. The third-order valence-electron chi connectivity index (χ3n) is 7.80. The Hall–Kier alpha value is -3.49. The first-order valence-corrected chi connectivity index (χ1v) is 19.4. The highest BCUT2D eigenvalue weighted by molar-refractivity contribution is 7.56. The van der Waals surface area contributed by atoms with Gasteiger partial charge in [-0.1, -0.05) is 11.3 Å². The summed E-state index contributed by atoms with van der Waals surface area (Å²) in [5, 5.41) is 25.9.